The fourth-order valence-corrected chi connectivity index (χ4v) is 2.40. The van der Waals surface area contributed by atoms with Crippen molar-refractivity contribution in [1.82, 2.24) is 24.9 Å². The van der Waals surface area contributed by atoms with Gasteiger partial charge in [-0.25, -0.2) is 0 Å². The maximum atomic E-state index is 12.1. The summed E-state index contributed by atoms with van der Waals surface area (Å²) in [5.74, 6) is -0.0223. The van der Waals surface area contributed by atoms with Gasteiger partial charge in [-0.15, -0.1) is 0 Å². The summed E-state index contributed by atoms with van der Waals surface area (Å²) in [4.78, 5) is 12.1. The van der Waals surface area contributed by atoms with Crippen LogP contribution in [0.3, 0.4) is 0 Å². The van der Waals surface area contributed by atoms with E-state index in [1.54, 1.807) is 17.1 Å². The fourth-order valence-electron chi connectivity index (χ4n) is 2.12. The highest BCUT2D eigenvalue weighted by Gasteiger charge is 2.17. The van der Waals surface area contributed by atoms with Gasteiger partial charge in [0.15, 0.2) is 0 Å². The lowest BCUT2D eigenvalue weighted by Gasteiger charge is -2.14. The maximum absolute atomic E-state index is 12.1. The van der Waals surface area contributed by atoms with Crippen molar-refractivity contribution in [3.63, 3.8) is 0 Å². The Labute approximate surface area is 132 Å². The lowest BCUT2D eigenvalue weighted by atomic mass is 10.3. The second-order valence-electron chi connectivity index (χ2n) is 5.04. The summed E-state index contributed by atoms with van der Waals surface area (Å²) in [5.41, 5.74) is 2.08. The quantitative estimate of drug-likeness (QED) is 0.809. The van der Waals surface area contributed by atoms with E-state index in [9.17, 15) is 4.79 Å². The van der Waals surface area contributed by atoms with Gasteiger partial charge in [0.2, 0.25) is 5.91 Å². The van der Waals surface area contributed by atoms with Gasteiger partial charge in [0.1, 0.15) is 6.04 Å². The highest BCUT2D eigenvalue weighted by Crippen LogP contribution is 2.18. The van der Waals surface area contributed by atoms with Crippen molar-refractivity contribution in [1.29, 1.82) is 0 Å². The Kier molecular flexibility index (Phi) is 5.17. The second-order valence-corrected chi connectivity index (χ2v) is 5.89. The van der Waals surface area contributed by atoms with Gasteiger partial charge in [0.25, 0.3) is 0 Å². The molecule has 1 amide bonds. The number of halogens is 1. The van der Waals surface area contributed by atoms with Crippen LogP contribution in [0.25, 0.3) is 0 Å². The van der Waals surface area contributed by atoms with Crippen LogP contribution >= 0.6 is 15.9 Å². The lowest BCUT2D eigenvalue weighted by Crippen LogP contribution is -2.33. The largest absolute Gasteiger partial charge is 0.354 e. The third-order valence-corrected chi connectivity index (χ3v) is 4.28. The van der Waals surface area contributed by atoms with Crippen molar-refractivity contribution in [2.75, 3.05) is 6.54 Å². The summed E-state index contributed by atoms with van der Waals surface area (Å²) in [6, 6.07) is 1.65. The third kappa shape index (κ3) is 3.72. The van der Waals surface area contributed by atoms with Crippen molar-refractivity contribution in [2.24, 2.45) is 0 Å². The first kappa shape index (κ1) is 15.8. The monoisotopic (exact) mass is 353 g/mol. The number of amides is 1. The Balaban J connectivity index is 1.79. The zero-order chi connectivity index (χ0) is 15.4. The molecule has 114 valence electrons. The predicted molar refractivity (Wildman–Crippen MR) is 84.0 cm³/mol. The van der Waals surface area contributed by atoms with Gasteiger partial charge in [0.05, 0.1) is 16.4 Å². The van der Waals surface area contributed by atoms with Gasteiger partial charge in [-0.05, 0) is 49.2 Å². The van der Waals surface area contributed by atoms with Gasteiger partial charge in [-0.1, -0.05) is 0 Å². The summed E-state index contributed by atoms with van der Waals surface area (Å²) in [5, 5.41) is 11.4. The van der Waals surface area contributed by atoms with Crippen LogP contribution in [0.4, 0.5) is 0 Å². The van der Waals surface area contributed by atoms with Crippen molar-refractivity contribution in [2.45, 2.75) is 39.8 Å². The molecule has 2 rings (SSSR count). The summed E-state index contributed by atoms with van der Waals surface area (Å²) in [6.07, 6.45) is 4.34. The first-order valence-electron chi connectivity index (χ1n) is 6.96. The molecule has 0 aliphatic carbocycles. The Bertz CT molecular complexity index is 619. The second kappa shape index (κ2) is 6.89. The van der Waals surface area contributed by atoms with E-state index in [1.165, 1.54) is 0 Å². The molecule has 1 N–H and O–H groups in total. The Morgan fingerprint density at radius 1 is 1.43 bits per heavy atom. The fraction of sp³-hybridized carbons (Fsp3) is 0.500. The van der Waals surface area contributed by atoms with E-state index in [1.807, 2.05) is 31.5 Å². The molecular weight excluding hydrogens is 334 g/mol. The van der Waals surface area contributed by atoms with Crippen LogP contribution in [0, 0.1) is 13.8 Å². The van der Waals surface area contributed by atoms with Gasteiger partial charge in [-0.3, -0.25) is 14.2 Å². The zero-order valence-corrected chi connectivity index (χ0v) is 14.1. The van der Waals surface area contributed by atoms with Crippen molar-refractivity contribution in [3.8, 4) is 0 Å². The van der Waals surface area contributed by atoms with E-state index in [2.05, 4.69) is 31.4 Å². The number of aromatic nitrogens is 4. The number of nitrogens with one attached hydrogen (secondary N) is 1. The van der Waals surface area contributed by atoms with Crippen LogP contribution in [-0.4, -0.2) is 32.0 Å². The SMILES string of the molecule is Cc1ccnn1CCCNC(=O)C(C)n1ncc(Br)c1C. The first-order valence-corrected chi connectivity index (χ1v) is 7.75. The predicted octanol–water partition coefficient (Wildman–Crippen LogP) is 2.23. The van der Waals surface area contributed by atoms with Crippen molar-refractivity contribution >= 4 is 21.8 Å². The number of nitrogens with zero attached hydrogens (tertiary/aromatic N) is 4. The number of aryl methyl sites for hydroxylation is 2. The number of hydrogen-bond donors (Lipinski definition) is 1. The summed E-state index contributed by atoms with van der Waals surface area (Å²) >= 11 is 3.40. The number of hydrogen-bond acceptors (Lipinski definition) is 3. The van der Waals surface area contributed by atoms with E-state index < -0.39 is 0 Å². The molecule has 0 spiro atoms. The molecule has 2 aromatic heterocycles. The Hall–Kier alpha value is -1.63. The summed E-state index contributed by atoms with van der Waals surface area (Å²) in [6.45, 7) is 7.23. The minimum absolute atomic E-state index is 0.0223. The normalized spacial score (nSPS) is 12.4. The molecular formula is C14H20BrN5O. The molecule has 0 aliphatic rings. The number of rotatable bonds is 6. The van der Waals surface area contributed by atoms with Gasteiger partial charge in [0, 0.05) is 25.0 Å². The molecule has 2 aromatic rings. The minimum atomic E-state index is -0.317. The van der Waals surface area contributed by atoms with Crippen LogP contribution < -0.4 is 5.32 Å². The molecule has 0 bridgehead atoms. The molecule has 7 heteroatoms. The highest BCUT2D eigenvalue weighted by molar-refractivity contribution is 9.10. The Morgan fingerprint density at radius 2 is 2.19 bits per heavy atom. The molecule has 6 nitrogen and oxygen atoms in total. The molecule has 21 heavy (non-hydrogen) atoms. The highest BCUT2D eigenvalue weighted by atomic mass is 79.9. The van der Waals surface area contributed by atoms with Gasteiger partial charge >= 0.3 is 0 Å². The molecule has 0 aromatic carbocycles. The number of carbonyl (C=O) groups is 1. The maximum Gasteiger partial charge on any atom is 0.244 e. The van der Waals surface area contributed by atoms with Crippen LogP contribution in [0.5, 0.6) is 0 Å². The summed E-state index contributed by atoms with van der Waals surface area (Å²) in [7, 11) is 0. The van der Waals surface area contributed by atoms with Crippen LogP contribution in [0.15, 0.2) is 22.9 Å². The standard InChI is InChI=1S/C14H20BrN5O/c1-10-5-7-17-19(10)8-4-6-16-14(21)12(3)20-11(2)13(15)9-18-20/h5,7,9,12H,4,6,8H2,1-3H3,(H,16,21). The third-order valence-electron chi connectivity index (χ3n) is 3.51. The zero-order valence-electron chi connectivity index (χ0n) is 12.5. The first-order chi connectivity index (χ1) is 10.0. The van der Waals surface area contributed by atoms with Crippen molar-refractivity contribution < 1.29 is 4.79 Å². The van der Waals surface area contributed by atoms with E-state index in [-0.39, 0.29) is 11.9 Å². The topological polar surface area (TPSA) is 64.7 Å². The van der Waals surface area contributed by atoms with E-state index in [0.29, 0.717) is 6.54 Å². The van der Waals surface area contributed by atoms with E-state index in [0.717, 1.165) is 28.8 Å². The summed E-state index contributed by atoms with van der Waals surface area (Å²) < 4.78 is 4.57. The average molecular weight is 354 g/mol. The molecule has 0 fully saturated rings. The van der Waals surface area contributed by atoms with Gasteiger partial charge < -0.3 is 5.32 Å². The lowest BCUT2D eigenvalue weighted by molar-refractivity contribution is -0.124. The van der Waals surface area contributed by atoms with Crippen LogP contribution in [-0.2, 0) is 11.3 Å². The van der Waals surface area contributed by atoms with Crippen LogP contribution in [0.1, 0.15) is 30.8 Å². The molecule has 1 unspecified atom stereocenters. The number of carbonyl (C=O) groups excluding carboxylic acids is 1. The molecule has 1 atom stereocenters. The van der Waals surface area contributed by atoms with Crippen molar-refractivity contribution in [3.05, 3.63) is 34.3 Å². The molecule has 0 saturated carbocycles. The minimum Gasteiger partial charge on any atom is -0.354 e. The van der Waals surface area contributed by atoms with Gasteiger partial charge in [-0.2, -0.15) is 10.2 Å². The smallest absolute Gasteiger partial charge is 0.244 e. The molecule has 2 heterocycles. The van der Waals surface area contributed by atoms with E-state index in [4.69, 9.17) is 0 Å². The van der Waals surface area contributed by atoms with E-state index >= 15 is 0 Å². The average Bonchev–Trinajstić information content (AvgIpc) is 3.01. The Morgan fingerprint density at radius 3 is 2.76 bits per heavy atom. The van der Waals surface area contributed by atoms with Crippen LogP contribution in [0.2, 0.25) is 0 Å². The molecule has 0 aliphatic heterocycles. The molecule has 0 radical (unpaired) electrons. The molecule has 0 saturated heterocycles.